The first-order valence-electron chi connectivity index (χ1n) is 4.49. The summed E-state index contributed by atoms with van der Waals surface area (Å²) in [6.45, 7) is 0. The highest BCUT2D eigenvalue weighted by Crippen LogP contribution is 2.18. The van der Waals surface area contributed by atoms with E-state index >= 15 is 0 Å². The maximum atomic E-state index is 10.7. The van der Waals surface area contributed by atoms with E-state index in [-0.39, 0.29) is 0 Å². The third kappa shape index (κ3) is 1.57. The van der Waals surface area contributed by atoms with Crippen LogP contribution >= 0.6 is 0 Å². The van der Waals surface area contributed by atoms with Crippen molar-refractivity contribution in [3.05, 3.63) is 30.0 Å². The zero-order valence-electron chi connectivity index (χ0n) is 8.21. The van der Waals surface area contributed by atoms with Gasteiger partial charge in [0, 0.05) is 12.4 Å². The van der Waals surface area contributed by atoms with Crippen LogP contribution < -0.4 is 5.73 Å². The molecule has 5 nitrogen and oxygen atoms in total. The van der Waals surface area contributed by atoms with E-state index in [2.05, 4.69) is 5.10 Å². The summed E-state index contributed by atoms with van der Waals surface area (Å²) in [5, 5.41) is 13.7. The number of rotatable bonds is 2. The highest BCUT2D eigenvalue weighted by Gasteiger charge is 2.14. The van der Waals surface area contributed by atoms with Crippen LogP contribution in [-0.2, 0) is 11.8 Å². The number of nitrogens with zero attached hydrogens (tertiary/aromatic N) is 2. The molecule has 0 bridgehead atoms. The minimum absolute atomic E-state index is 0.586. The molecule has 3 N–H and O–H groups in total. The number of benzene rings is 1. The van der Waals surface area contributed by atoms with Crippen LogP contribution in [0.2, 0.25) is 0 Å². The Labute approximate surface area is 86.1 Å². The second kappa shape index (κ2) is 3.36. The van der Waals surface area contributed by atoms with Crippen LogP contribution in [0.15, 0.2) is 24.4 Å². The SMILES string of the molecule is Cn1ncc2cc([C@@H](N)C(=O)O)ccc21. The van der Waals surface area contributed by atoms with Gasteiger partial charge in [0.15, 0.2) is 0 Å². The molecule has 0 unspecified atom stereocenters. The standard InChI is InChI=1S/C10H11N3O2/c1-13-8-3-2-6(9(11)10(14)15)4-7(8)5-12-13/h2-5,9H,11H2,1H3,(H,14,15)/t9-/m1/s1. The number of aliphatic carboxylic acids is 1. The van der Waals surface area contributed by atoms with Crippen LogP contribution in [0.4, 0.5) is 0 Å². The van der Waals surface area contributed by atoms with Crippen molar-refractivity contribution in [1.82, 2.24) is 9.78 Å². The van der Waals surface area contributed by atoms with Crippen molar-refractivity contribution < 1.29 is 9.90 Å². The van der Waals surface area contributed by atoms with Crippen molar-refractivity contribution >= 4 is 16.9 Å². The van der Waals surface area contributed by atoms with E-state index in [9.17, 15) is 4.79 Å². The molecule has 0 aliphatic rings. The molecule has 5 heteroatoms. The summed E-state index contributed by atoms with van der Waals surface area (Å²) < 4.78 is 1.73. The third-order valence-electron chi connectivity index (χ3n) is 2.40. The highest BCUT2D eigenvalue weighted by molar-refractivity contribution is 5.82. The number of hydrogen-bond donors (Lipinski definition) is 2. The number of carboxylic acid groups (broad SMARTS) is 1. The van der Waals surface area contributed by atoms with Crippen molar-refractivity contribution in [3.8, 4) is 0 Å². The first kappa shape index (κ1) is 9.67. The van der Waals surface area contributed by atoms with E-state index in [0.29, 0.717) is 5.56 Å². The summed E-state index contributed by atoms with van der Waals surface area (Å²) in [5.74, 6) is -1.03. The number of carboxylic acids is 1. The van der Waals surface area contributed by atoms with Crippen LogP contribution in [0.25, 0.3) is 10.9 Å². The molecule has 1 atom stereocenters. The van der Waals surface area contributed by atoms with E-state index in [1.807, 2.05) is 13.1 Å². The van der Waals surface area contributed by atoms with Gasteiger partial charge in [-0.15, -0.1) is 0 Å². The Morgan fingerprint density at radius 2 is 2.33 bits per heavy atom. The summed E-state index contributed by atoms with van der Waals surface area (Å²) in [7, 11) is 1.83. The largest absolute Gasteiger partial charge is 0.480 e. The molecule has 0 aliphatic carbocycles. The third-order valence-corrected chi connectivity index (χ3v) is 2.40. The summed E-state index contributed by atoms with van der Waals surface area (Å²) in [6.07, 6.45) is 1.69. The van der Waals surface area contributed by atoms with Crippen LogP contribution in [0.5, 0.6) is 0 Å². The molecule has 0 fully saturated rings. The number of aryl methyl sites for hydroxylation is 1. The Bertz CT molecular complexity index is 518. The fourth-order valence-electron chi connectivity index (χ4n) is 1.52. The van der Waals surface area contributed by atoms with Crippen LogP contribution in [0.3, 0.4) is 0 Å². The minimum Gasteiger partial charge on any atom is -0.480 e. The quantitative estimate of drug-likeness (QED) is 0.754. The van der Waals surface area contributed by atoms with Crippen LogP contribution in [-0.4, -0.2) is 20.9 Å². The molecule has 0 amide bonds. The average molecular weight is 205 g/mol. The van der Waals surface area contributed by atoms with Gasteiger partial charge < -0.3 is 10.8 Å². The van der Waals surface area contributed by atoms with Gasteiger partial charge in [-0.25, -0.2) is 0 Å². The van der Waals surface area contributed by atoms with Gasteiger partial charge in [-0.3, -0.25) is 9.48 Å². The van der Waals surface area contributed by atoms with E-state index in [1.165, 1.54) is 0 Å². The topological polar surface area (TPSA) is 81.1 Å². The number of carbonyl (C=O) groups is 1. The van der Waals surface area contributed by atoms with E-state index < -0.39 is 12.0 Å². The fraction of sp³-hybridized carbons (Fsp3) is 0.200. The molecule has 1 aromatic heterocycles. The molecule has 2 aromatic rings. The first-order valence-corrected chi connectivity index (χ1v) is 4.49. The number of aromatic nitrogens is 2. The Balaban J connectivity index is 2.52. The van der Waals surface area contributed by atoms with Crippen LogP contribution in [0, 0.1) is 0 Å². The zero-order valence-corrected chi connectivity index (χ0v) is 8.21. The van der Waals surface area contributed by atoms with Crippen LogP contribution in [0.1, 0.15) is 11.6 Å². The Hall–Kier alpha value is -1.88. The normalized spacial score (nSPS) is 12.9. The predicted molar refractivity (Wildman–Crippen MR) is 55.3 cm³/mol. The monoisotopic (exact) mass is 205 g/mol. The molecule has 0 spiro atoms. The number of hydrogen-bond acceptors (Lipinski definition) is 3. The smallest absolute Gasteiger partial charge is 0.325 e. The molecule has 2 rings (SSSR count). The molecule has 0 aliphatic heterocycles. The minimum atomic E-state index is -1.03. The van der Waals surface area contributed by atoms with Gasteiger partial charge in [-0.05, 0) is 17.7 Å². The summed E-state index contributed by atoms with van der Waals surface area (Å²) >= 11 is 0. The lowest BCUT2D eigenvalue weighted by Crippen LogP contribution is -2.20. The van der Waals surface area contributed by atoms with Crippen molar-refractivity contribution in [2.75, 3.05) is 0 Å². The molecule has 0 saturated heterocycles. The van der Waals surface area contributed by atoms with E-state index in [0.717, 1.165) is 10.9 Å². The Kier molecular flexibility index (Phi) is 2.17. The molecule has 1 aromatic carbocycles. The highest BCUT2D eigenvalue weighted by atomic mass is 16.4. The average Bonchev–Trinajstić information content (AvgIpc) is 2.59. The van der Waals surface area contributed by atoms with Crippen molar-refractivity contribution in [1.29, 1.82) is 0 Å². The second-order valence-electron chi connectivity index (χ2n) is 3.40. The molecule has 78 valence electrons. The lowest BCUT2D eigenvalue weighted by molar-refractivity contribution is -0.138. The predicted octanol–water partition coefficient (Wildman–Crippen LogP) is 0.658. The van der Waals surface area contributed by atoms with Gasteiger partial charge in [0.2, 0.25) is 0 Å². The zero-order chi connectivity index (χ0) is 11.0. The van der Waals surface area contributed by atoms with Crippen molar-refractivity contribution in [2.45, 2.75) is 6.04 Å². The number of fused-ring (bicyclic) bond motifs is 1. The van der Waals surface area contributed by atoms with Gasteiger partial charge in [0.25, 0.3) is 0 Å². The lowest BCUT2D eigenvalue weighted by Gasteiger charge is -2.06. The first-order chi connectivity index (χ1) is 7.09. The molecule has 1 heterocycles. The van der Waals surface area contributed by atoms with Gasteiger partial charge in [0.1, 0.15) is 6.04 Å². The van der Waals surface area contributed by atoms with Gasteiger partial charge in [-0.1, -0.05) is 6.07 Å². The molecule has 15 heavy (non-hydrogen) atoms. The Morgan fingerprint density at radius 3 is 3.00 bits per heavy atom. The second-order valence-corrected chi connectivity index (χ2v) is 3.40. The number of nitrogens with two attached hydrogens (primary N) is 1. The van der Waals surface area contributed by atoms with Gasteiger partial charge in [0.05, 0.1) is 11.7 Å². The maximum absolute atomic E-state index is 10.7. The van der Waals surface area contributed by atoms with Gasteiger partial charge >= 0.3 is 5.97 Å². The fourth-order valence-corrected chi connectivity index (χ4v) is 1.52. The lowest BCUT2D eigenvalue weighted by atomic mass is 10.1. The summed E-state index contributed by atoms with van der Waals surface area (Å²) in [5.41, 5.74) is 7.05. The summed E-state index contributed by atoms with van der Waals surface area (Å²) in [6, 6.07) is 4.30. The van der Waals surface area contributed by atoms with Crippen molar-refractivity contribution in [3.63, 3.8) is 0 Å². The van der Waals surface area contributed by atoms with Crippen molar-refractivity contribution in [2.24, 2.45) is 12.8 Å². The maximum Gasteiger partial charge on any atom is 0.325 e. The molecular formula is C10H11N3O2. The molecular weight excluding hydrogens is 194 g/mol. The van der Waals surface area contributed by atoms with E-state index in [4.69, 9.17) is 10.8 Å². The Morgan fingerprint density at radius 1 is 1.60 bits per heavy atom. The summed E-state index contributed by atoms with van der Waals surface area (Å²) in [4.78, 5) is 10.7. The van der Waals surface area contributed by atoms with E-state index in [1.54, 1.807) is 23.0 Å². The molecule has 0 saturated carbocycles. The molecule has 0 radical (unpaired) electrons. The van der Waals surface area contributed by atoms with Gasteiger partial charge in [-0.2, -0.15) is 5.10 Å².